The quantitative estimate of drug-likeness (QED) is 0.868. The van der Waals surface area contributed by atoms with Gasteiger partial charge in [-0.05, 0) is 49.3 Å². The summed E-state index contributed by atoms with van der Waals surface area (Å²) < 4.78 is 5.94. The second-order valence-corrected chi connectivity index (χ2v) is 7.13. The molecule has 128 valence electrons. The highest BCUT2D eigenvalue weighted by atomic mass is 16.5. The van der Waals surface area contributed by atoms with Crippen LogP contribution in [-0.2, 0) is 15.1 Å². The maximum atomic E-state index is 12.4. The first-order chi connectivity index (χ1) is 11.7. The minimum absolute atomic E-state index is 0.0460. The van der Waals surface area contributed by atoms with Crippen molar-refractivity contribution < 1.29 is 9.53 Å². The predicted molar refractivity (Wildman–Crippen MR) is 92.2 cm³/mol. The molecule has 1 aromatic carbocycles. The van der Waals surface area contributed by atoms with Gasteiger partial charge in [-0.2, -0.15) is 5.26 Å². The number of nitriles is 1. The van der Waals surface area contributed by atoms with Gasteiger partial charge in [-0.1, -0.05) is 38.3 Å². The molecule has 4 heteroatoms. The number of rotatable bonds is 6. The number of amides is 1. The van der Waals surface area contributed by atoms with Crippen LogP contribution < -0.4 is 5.32 Å². The zero-order valence-electron chi connectivity index (χ0n) is 14.4. The van der Waals surface area contributed by atoms with E-state index in [-0.39, 0.29) is 24.2 Å². The number of carbonyl (C=O) groups excluding carboxylic acids is 1. The maximum absolute atomic E-state index is 12.4. The summed E-state index contributed by atoms with van der Waals surface area (Å²) in [4.78, 5) is 12.4. The van der Waals surface area contributed by atoms with Crippen molar-refractivity contribution in [3.05, 3.63) is 35.4 Å². The summed E-state index contributed by atoms with van der Waals surface area (Å²) >= 11 is 0. The predicted octanol–water partition coefficient (Wildman–Crippen LogP) is 3.65. The Labute approximate surface area is 144 Å². The van der Waals surface area contributed by atoms with E-state index in [9.17, 15) is 4.79 Å². The SMILES string of the molecule is CCC1CCCCC1OCC(=O)NC1(c2cccc(C#N)c2)CC1. The van der Waals surface area contributed by atoms with E-state index in [1.165, 1.54) is 19.3 Å². The third-order valence-corrected chi connectivity index (χ3v) is 5.47. The first kappa shape index (κ1) is 17.0. The largest absolute Gasteiger partial charge is 0.368 e. The Morgan fingerprint density at radius 2 is 2.17 bits per heavy atom. The molecular formula is C20H26N2O2. The number of hydrogen-bond donors (Lipinski definition) is 1. The normalized spacial score (nSPS) is 24.8. The molecule has 1 aromatic rings. The maximum Gasteiger partial charge on any atom is 0.246 e. The second kappa shape index (κ2) is 7.36. The Kier molecular flexibility index (Phi) is 5.20. The molecular weight excluding hydrogens is 300 g/mol. The molecule has 1 N–H and O–H groups in total. The first-order valence-corrected chi connectivity index (χ1v) is 9.10. The van der Waals surface area contributed by atoms with E-state index in [1.807, 2.05) is 18.2 Å². The second-order valence-electron chi connectivity index (χ2n) is 7.13. The average Bonchev–Trinajstić information content (AvgIpc) is 3.41. The van der Waals surface area contributed by atoms with Gasteiger partial charge in [0.25, 0.3) is 0 Å². The van der Waals surface area contributed by atoms with Gasteiger partial charge in [0.05, 0.1) is 23.3 Å². The molecule has 0 bridgehead atoms. The van der Waals surface area contributed by atoms with Gasteiger partial charge in [0.2, 0.25) is 5.91 Å². The van der Waals surface area contributed by atoms with Crippen molar-refractivity contribution in [2.75, 3.05) is 6.61 Å². The summed E-state index contributed by atoms with van der Waals surface area (Å²) in [5.41, 5.74) is 1.38. The van der Waals surface area contributed by atoms with Gasteiger partial charge in [0.15, 0.2) is 0 Å². The molecule has 0 radical (unpaired) electrons. The Morgan fingerprint density at radius 1 is 1.38 bits per heavy atom. The molecule has 0 spiro atoms. The smallest absolute Gasteiger partial charge is 0.246 e. The standard InChI is InChI=1S/C20H26N2O2/c1-2-16-7-3-4-9-18(16)24-14-19(23)22-20(10-11-20)17-8-5-6-15(12-17)13-21/h5-6,8,12,16,18H,2-4,7,9-11,14H2,1H3,(H,22,23). The molecule has 0 aromatic heterocycles. The summed E-state index contributed by atoms with van der Waals surface area (Å²) in [7, 11) is 0. The number of nitrogens with zero attached hydrogens (tertiary/aromatic N) is 1. The third kappa shape index (κ3) is 3.79. The Hall–Kier alpha value is -1.86. The van der Waals surface area contributed by atoms with Gasteiger partial charge in [-0.3, -0.25) is 4.79 Å². The lowest BCUT2D eigenvalue weighted by Gasteiger charge is -2.30. The molecule has 2 aliphatic rings. The van der Waals surface area contributed by atoms with Gasteiger partial charge in [0.1, 0.15) is 6.61 Å². The van der Waals surface area contributed by atoms with E-state index < -0.39 is 0 Å². The van der Waals surface area contributed by atoms with Gasteiger partial charge >= 0.3 is 0 Å². The monoisotopic (exact) mass is 326 g/mol. The van der Waals surface area contributed by atoms with Gasteiger partial charge < -0.3 is 10.1 Å². The Morgan fingerprint density at radius 3 is 2.88 bits per heavy atom. The first-order valence-electron chi connectivity index (χ1n) is 9.10. The minimum Gasteiger partial charge on any atom is -0.368 e. The number of ether oxygens (including phenoxy) is 1. The average molecular weight is 326 g/mol. The van der Waals surface area contributed by atoms with Crippen LogP contribution in [0.3, 0.4) is 0 Å². The van der Waals surface area contributed by atoms with E-state index >= 15 is 0 Å². The van der Waals surface area contributed by atoms with Crippen LogP contribution in [0.4, 0.5) is 0 Å². The van der Waals surface area contributed by atoms with E-state index in [2.05, 4.69) is 18.3 Å². The van der Waals surface area contributed by atoms with Crippen molar-refractivity contribution in [3.63, 3.8) is 0 Å². The lowest BCUT2D eigenvalue weighted by molar-refractivity contribution is -0.131. The van der Waals surface area contributed by atoms with E-state index in [4.69, 9.17) is 10.00 Å². The van der Waals surface area contributed by atoms with E-state index in [0.29, 0.717) is 11.5 Å². The van der Waals surface area contributed by atoms with Gasteiger partial charge in [-0.25, -0.2) is 0 Å². The zero-order valence-corrected chi connectivity index (χ0v) is 14.4. The minimum atomic E-state index is -0.288. The van der Waals surface area contributed by atoms with Crippen LogP contribution in [0.15, 0.2) is 24.3 Å². The highest BCUT2D eigenvalue weighted by Gasteiger charge is 2.45. The van der Waals surface area contributed by atoms with E-state index in [1.54, 1.807) is 6.07 Å². The number of carbonyl (C=O) groups is 1. The molecule has 2 unspecified atom stereocenters. The molecule has 3 rings (SSSR count). The highest BCUT2D eigenvalue weighted by molar-refractivity contribution is 5.79. The van der Waals surface area contributed by atoms with Crippen LogP contribution in [0.2, 0.25) is 0 Å². The number of benzene rings is 1. The third-order valence-electron chi connectivity index (χ3n) is 5.47. The molecule has 2 fully saturated rings. The fraction of sp³-hybridized carbons (Fsp3) is 0.600. The molecule has 0 saturated heterocycles. The summed E-state index contributed by atoms with van der Waals surface area (Å²) in [6, 6.07) is 9.70. The van der Waals surface area contributed by atoms with Crippen molar-refractivity contribution in [2.45, 2.75) is 63.5 Å². The fourth-order valence-electron chi connectivity index (χ4n) is 3.84. The number of nitrogens with one attached hydrogen (secondary N) is 1. The van der Waals surface area contributed by atoms with Gasteiger partial charge in [0, 0.05) is 0 Å². The topological polar surface area (TPSA) is 62.1 Å². The summed E-state index contributed by atoms with van der Waals surface area (Å²) in [6.45, 7) is 2.34. The lowest BCUT2D eigenvalue weighted by Crippen LogP contribution is -2.39. The molecule has 0 heterocycles. The van der Waals surface area contributed by atoms with Gasteiger partial charge in [-0.15, -0.1) is 0 Å². The van der Waals surface area contributed by atoms with Crippen LogP contribution >= 0.6 is 0 Å². The molecule has 0 aliphatic heterocycles. The van der Waals surface area contributed by atoms with Crippen molar-refractivity contribution in [1.29, 1.82) is 5.26 Å². The molecule has 1 amide bonds. The summed E-state index contributed by atoms with van der Waals surface area (Å²) in [5, 5.41) is 12.2. The fourth-order valence-corrected chi connectivity index (χ4v) is 3.84. The summed E-state index contributed by atoms with van der Waals surface area (Å²) in [6.07, 6.45) is 7.97. The zero-order chi connectivity index (χ0) is 17.0. The number of hydrogen-bond acceptors (Lipinski definition) is 3. The lowest BCUT2D eigenvalue weighted by atomic mass is 9.85. The molecule has 2 aliphatic carbocycles. The van der Waals surface area contributed by atoms with Crippen molar-refractivity contribution in [3.8, 4) is 6.07 Å². The van der Waals surface area contributed by atoms with Crippen LogP contribution in [0.5, 0.6) is 0 Å². The molecule has 4 nitrogen and oxygen atoms in total. The van der Waals surface area contributed by atoms with Crippen molar-refractivity contribution >= 4 is 5.91 Å². The van der Waals surface area contributed by atoms with Crippen molar-refractivity contribution in [1.82, 2.24) is 5.32 Å². The van der Waals surface area contributed by atoms with Crippen molar-refractivity contribution in [2.24, 2.45) is 5.92 Å². The molecule has 2 atom stereocenters. The Balaban J connectivity index is 1.55. The van der Waals surface area contributed by atoms with Crippen LogP contribution in [-0.4, -0.2) is 18.6 Å². The summed E-state index contributed by atoms with van der Waals surface area (Å²) in [5.74, 6) is 0.545. The Bertz CT molecular complexity index is 631. The van der Waals surface area contributed by atoms with Crippen LogP contribution in [0, 0.1) is 17.2 Å². The molecule has 2 saturated carbocycles. The highest BCUT2D eigenvalue weighted by Crippen LogP contribution is 2.45. The molecule has 24 heavy (non-hydrogen) atoms. The van der Waals surface area contributed by atoms with Crippen LogP contribution in [0.25, 0.3) is 0 Å². The van der Waals surface area contributed by atoms with Crippen LogP contribution in [0.1, 0.15) is 63.0 Å². The van der Waals surface area contributed by atoms with E-state index in [0.717, 1.165) is 31.2 Å².